The molecular formula is C9H13N3O5S. The van der Waals surface area contributed by atoms with Crippen LogP contribution in [0, 0.1) is 0 Å². The number of aliphatic hydroxyl groups excluding tert-OH is 1. The van der Waals surface area contributed by atoms with Gasteiger partial charge in [-0.3, -0.25) is 9.78 Å². The molecule has 0 aromatic carbocycles. The zero-order valence-electron chi connectivity index (χ0n) is 9.42. The maximum absolute atomic E-state index is 12.1. The van der Waals surface area contributed by atoms with E-state index in [2.05, 4.69) is 4.98 Å². The number of aromatic amines is 2. The van der Waals surface area contributed by atoms with Gasteiger partial charge < -0.3 is 10.1 Å². The number of sulfonamides is 1. The Morgan fingerprint density at radius 3 is 2.72 bits per heavy atom. The summed E-state index contributed by atoms with van der Waals surface area (Å²) in [4.78, 5) is 25.8. The third-order valence-corrected chi connectivity index (χ3v) is 4.63. The van der Waals surface area contributed by atoms with Crippen LogP contribution in [0.4, 0.5) is 0 Å². The Labute approximate surface area is 102 Å². The minimum Gasteiger partial charge on any atom is -0.392 e. The summed E-state index contributed by atoms with van der Waals surface area (Å²) in [5.74, 6) is 0. The number of aromatic nitrogens is 2. The first kappa shape index (κ1) is 13.0. The zero-order chi connectivity index (χ0) is 13.3. The van der Waals surface area contributed by atoms with E-state index in [1.807, 2.05) is 4.98 Å². The Hall–Kier alpha value is -1.45. The van der Waals surface area contributed by atoms with Crippen LogP contribution in [0.15, 0.2) is 20.7 Å². The second-order valence-electron chi connectivity index (χ2n) is 4.10. The van der Waals surface area contributed by atoms with Crippen molar-refractivity contribution in [2.75, 3.05) is 13.1 Å². The number of aliphatic hydroxyl groups is 1. The van der Waals surface area contributed by atoms with Crippen LogP contribution < -0.4 is 11.2 Å². The van der Waals surface area contributed by atoms with Crippen LogP contribution in [-0.4, -0.2) is 47.0 Å². The molecule has 2 heterocycles. The fourth-order valence-electron chi connectivity index (χ4n) is 1.87. The van der Waals surface area contributed by atoms with Gasteiger partial charge in [-0.2, -0.15) is 4.31 Å². The van der Waals surface area contributed by atoms with Crippen LogP contribution in [0.25, 0.3) is 0 Å². The van der Waals surface area contributed by atoms with Gasteiger partial charge in [-0.05, 0) is 12.8 Å². The van der Waals surface area contributed by atoms with Crippen LogP contribution >= 0.6 is 0 Å². The molecule has 0 radical (unpaired) electrons. The van der Waals surface area contributed by atoms with E-state index in [0.29, 0.717) is 12.8 Å². The topological polar surface area (TPSA) is 123 Å². The normalized spacial score (nSPS) is 21.9. The van der Waals surface area contributed by atoms with Crippen molar-refractivity contribution in [1.82, 2.24) is 14.3 Å². The molecule has 1 fully saturated rings. The molecular weight excluding hydrogens is 262 g/mol. The van der Waals surface area contributed by atoms with Crippen molar-refractivity contribution in [3.05, 3.63) is 27.0 Å². The predicted octanol–water partition coefficient (Wildman–Crippen LogP) is -1.79. The molecule has 0 unspecified atom stereocenters. The molecule has 9 heteroatoms. The summed E-state index contributed by atoms with van der Waals surface area (Å²) >= 11 is 0. The molecule has 1 atom stereocenters. The summed E-state index contributed by atoms with van der Waals surface area (Å²) in [6.45, 7) is 0.207. The van der Waals surface area contributed by atoms with E-state index in [9.17, 15) is 23.1 Å². The van der Waals surface area contributed by atoms with Crippen molar-refractivity contribution in [2.45, 2.75) is 23.8 Å². The molecule has 1 aliphatic heterocycles. The quantitative estimate of drug-likeness (QED) is 0.588. The molecule has 0 spiro atoms. The van der Waals surface area contributed by atoms with E-state index in [4.69, 9.17) is 0 Å². The van der Waals surface area contributed by atoms with Gasteiger partial charge in [0.15, 0.2) is 4.90 Å². The average Bonchev–Trinajstić information content (AvgIpc) is 2.28. The van der Waals surface area contributed by atoms with Crippen LogP contribution in [-0.2, 0) is 10.0 Å². The number of β-amino-alcohol motifs (C(OH)–C–C–N with tert-alkyl or cyclic N) is 1. The Kier molecular flexibility index (Phi) is 3.37. The molecule has 0 bridgehead atoms. The highest BCUT2D eigenvalue weighted by Crippen LogP contribution is 2.17. The first-order chi connectivity index (χ1) is 8.41. The minimum absolute atomic E-state index is 0.0408. The summed E-state index contributed by atoms with van der Waals surface area (Å²) in [7, 11) is -3.98. The number of rotatable bonds is 2. The van der Waals surface area contributed by atoms with Gasteiger partial charge in [0.25, 0.3) is 5.56 Å². The smallest absolute Gasteiger partial charge is 0.325 e. The molecule has 1 aromatic heterocycles. The highest BCUT2D eigenvalue weighted by molar-refractivity contribution is 7.89. The molecule has 0 amide bonds. The third kappa shape index (κ3) is 2.37. The monoisotopic (exact) mass is 275 g/mol. The summed E-state index contributed by atoms with van der Waals surface area (Å²) in [6.07, 6.45) is 1.21. The summed E-state index contributed by atoms with van der Waals surface area (Å²) < 4.78 is 25.3. The van der Waals surface area contributed by atoms with Crippen molar-refractivity contribution >= 4 is 10.0 Å². The SMILES string of the molecule is O=c1[nH]cc(S(=O)(=O)N2CCC[C@H](O)C2)c(=O)[nH]1. The molecule has 8 nitrogen and oxygen atoms in total. The van der Waals surface area contributed by atoms with E-state index in [1.54, 1.807) is 0 Å². The van der Waals surface area contributed by atoms with Crippen LogP contribution in [0.3, 0.4) is 0 Å². The molecule has 2 rings (SSSR count). The Morgan fingerprint density at radius 2 is 2.11 bits per heavy atom. The van der Waals surface area contributed by atoms with Gasteiger partial charge in [0.1, 0.15) is 0 Å². The molecule has 100 valence electrons. The summed E-state index contributed by atoms with van der Waals surface area (Å²) in [6, 6.07) is 0. The van der Waals surface area contributed by atoms with E-state index in [-0.39, 0.29) is 13.1 Å². The van der Waals surface area contributed by atoms with Gasteiger partial charge in [0, 0.05) is 19.3 Å². The van der Waals surface area contributed by atoms with Gasteiger partial charge in [-0.25, -0.2) is 13.2 Å². The second-order valence-corrected chi connectivity index (χ2v) is 6.00. The van der Waals surface area contributed by atoms with Crippen molar-refractivity contribution in [3.63, 3.8) is 0 Å². The van der Waals surface area contributed by atoms with Gasteiger partial charge in [0.05, 0.1) is 6.10 Å². The van der Waals surface area contributed by atoms with Gasteiger partial charge >= 0.3 is 5.69 Å². The minimum atomic E-state index is -3.98. The molecule has 3 N–H and O–H groups in total. The second kappa shape index (κ2) is 4.67. The number of nitrogens with one attached hydrogen (secondary N) is 2. The van der Waals surface area contributed by atoms with Crippen molar-refractivity contribution in [3.8, 4) is 0 Å². The molecule has 0 saturated carbocycles. The number of H-pyrrole nitrogens is 2. The molecule has 0 aliphatic carbocycles. The fraction of sp³-hybridized carbons (Fsp3) is 0.556. The largest absolute Gasteiger partial charge is 0.392 e. The molecule has 18 heavy (non-hydrogen) atoms. The lowest BCUT2D eigenvalue weighted by atomic mass is 10.1. The first-order valence-electron chi connectivity index (χ1n) is 5.41. The average molecular weight is 275 g/mol. The molecule has 1 aromatic rings. The highest BCUT2D eigenvalue weighted by atomic mass is 32.2. The van der Waals surface area contributed by atoms with E-state index >= 15 is 0 Å². The lowest BCUT2D eigenvalue weighted by molar-refractivity contribution is 0.108. The predicted molar refractivity (Wildman–Crippen MR) is 61.7 cm³/mol. The van der Waals surface area contributed by atoms with Crippen molar-refractivity contribution < 1.29 is 13.5 Å². The summed E-state index contributed by atoms with van der Waals surface area (Å²) in [5, 5.41) is 9.45. The molecule has 1 aliphatic rings. The number of hydrogen-bond donors (Lipinski definition) is 3. The van der Waals surface area contributed by atoms with E-state index in [0.717, 1.165) is 10.5 Å². The zero-order valence-corrected chi connectivity index (χ0v) is 10.2. The van der Waals surface area contributed by atoms with Crippen LogP contribution in [0.2, 0.25) is 0 Å². The van der Waals surface area contributed by atoms with Gasteiger partial charge in [-0.1, -0.05) is 0 Å². The van der Waals surface area contributed by atoms with Crippen LogP contribution in [0.5, 0.6) is 0 Å². The lowest BCUT2D eigenvalue weighted by Crippen LogP contribution is -2.44. The van der Waals surface area contributed by atoms with Gasteiger partial charge in [0.2, 0.25) is 10.0 Å². The number of piperidine rings is 1. The highest BCUT2D eigenvalue weighted by Gasteiger charge is 2.31. The van der Waals surface area contributed by atoms with Crippen LogP contribution in [0.1, 0.15) is 12.8 Å². The van der Waals surface area contributed by atoms with Crippen molar-refractivity contribution in [1.29, 1.82) is 0 Å². The standard InChI is InChI=1S/C9H13N3O5S/c13-6-2-1-3-12(5-6)18(16,17)7-4-10-9(15)11-8(7)14/h4,6,13H,1-3,5H2,(H2,10,11,14,15)/t6-/m0/s1. The first-order valence-corrected chi connectivity index (χ1v) is 6.85. The van der Waals surface area contributed by atoms with E-state index < -0.39 is 32.3 Å². The lowest BCUT2D eigenvalue weighted by Gasteiger charge is -2.28. The third-order valence-electron chi connectivity index (χ3n) is 2.76. The fourth-order valence-corrected chi connectivity index (χ4v) is 3.38. The van der Waals surface area contributed by atoms with Crippen molar-refractivity contribution in [2.24, 2.45) is 0 Å². The maximum atomic E-state index is 12.1. The Morgan fingerprint density at radius 1 is 1.39 bits per heavy atom. The Bertz CT molecular complexity index is 647. The van der Waals surface area contributed by atoms with E-state index in [1.165, 1.54) is 0 Å². The number of hydrogen-bond acceptors (Lipinski definition) is 5. The summed E-state index contributed by atoms with van der Waals surface area (Å²) in [5.41, 5.74) is -1.73. The maximum Gasteiger partial charge on any atom is 0.325 e. The van der Waals surface area contributed by atoms with Gasteiger partial charge in [-0.15, -0.1) is 0 Å². The Balaban J connectivity index is 2.42. The molecule has 1 saturated heterocycles. The number of nitrogens with zero attached hydrogens (tertiary/aromatic N) is 1.